The Labute approximate surface area is 188 Å². The summed E-state index contributed by atoms with van der Waals surface area (Å²) in [7, 11) is 6.27. The Morgan fingerprint density at radius 2 is 1.50 bits per heavy atom. The van der Waals surface area contributed by atoms with Gasteiger partial charge in [-0.3, -0.25) is 9.59 Å². The van der Waals surface area contributed by atoms with Crippen molar-refractivity contribution in [1.29, 1.82) is 0 Å². The van der Waals surface area contributed by atoms with Crippen LogP contribution in [0, 0.1) is 5.92 Å². The van der Waals surface area contributed by atoms with E-state index >= 15 is 0 Å². The van der Waals surface area contributed by atoms with Crippen LogP contribution in [-0.2, 0) is 11.3 Å². The number of rotatable bonds is 8. The molecule has 2 amide bonds. The van der Waals surface area contributed by atoms with E-state index < -0.39 is 0 Å². The first kappa shape index (κ1) is 23.2. The normalized spacial score (nSPS) is 13.9. The molecule has 0 unspecified atom stereocenters. The lowest BCUT2D eigenvalue weighted by molar-refractivity contribution is -0.126. The van der Waals surface area contributed by atoms with Crippen molar-refractivity contribution in [1.82, 2.24) is 10.2 Å². The van der Waals surface area contributed by atoms with Crippen LogP contribution >= 0.6 is 0 Å². The molecule has 0 aliphatic carbocycles. The highest BCUT2D eigenvalue weighted by atomic mass is 16.5. The molecule has 0 atom stereocenters. The molecule has 8 nitrogen and oxygen atoms in total. The van der Waals surface area contributed by atoms with Crippen LogP contribution in [0.2, 0.25) is 0 Å². The van der Waals surface area contributed by atoms with Gasteiger partial charge < -0.3 is 29.2 Å². The third-order valence-electron chi connectivity index (χ3n) is 5.67. The molecule has 8 heteroatoms. The minimum atomic E-state index is -0.126. The van der Waals surface area contributed by atoms with Gasteiger partial charge in [-0.05, 0) is 42.7 Å². The number of carbonyl (C=O) groups is 2. The number of piperidine rings is 1. The summed E-state index contributed by atoms with van der Waals surface area (Å²) in [6, 6.07) is 10.7. The molecule has 1 saturated heterocycles. The van der Waals surface area contributed by atoms with Crippen LogP contribution in [0.3, 0.4) is 0 Å². The molecule has 1 aliphatic rings. The second kappa shape index (κ2) is 10.7. The molecule has 1 N–H and O–H groups in total. The van der Waals surface area contributed by atoms with Gasteiger partial charge in [-0.1, -0.05) is 6.07 Å². The summed E-state index contributed by atoms with van der Waals surface area (Å²) >= 11 is 0. The van der Waals surface area contributed by atoms with Gasteiger partial charge in [-0.2, -0.15) is 0 Å². The predicted molar refractivity (Wildman–Crippen MR) is 120 cm³/mol. The first-order chi connectivity index (χ1) is 15.5. The number of ether oxygens (including phenoxy) is 4. The number of hydrogen-bond acceptors (Lipinski definition) is 6. The summed E-state index contributed by atoms with van der Waals surface area (Å²) in [5, 5.41) is 2.99. The van der Waals surface area contributed by atoms with Crippen LogP contribution in [0.15, 0.2) is 36.4 Å². The topological polar surface area (TPSA) is 86.3 Å². The number of carbonyl (C=O) groups excluding carboxylic acids is 2. The Bertz CT molecular complexity index is 931. The fourth-order valence-electron chi connectivity index (χ4n) is 3.78. The lowest BCUT2D eigenvalue weighted by atomic mass is 9.95. The fourth-order valence-corrected chi connectivity index (χ4v) is 3.78. The van der Waals surface area contributed by atoms with Crippen LogP contribution in [0.25, 0.3) is 0 Å². The van der Waals surface area contributed by atoms with Gasteiger partial charge in [0.2, 0.25) is 5.91 Å². The molecule has 1 fully saturated rings. The molecule has 0 bridgehead atoms. The van der Waals surface area contributed by atoms with Crippen molar-refractivity contribution in [3.63, 3.8) is 0 Å². The molecule has 0 aromatic heterocycles. The molecule has 0 saturated carbocycles. The summed E-state index contributed by atoms with van der Waals surface area (Å²) in [6.45, 7) is 1.45. The minimum Gasteiger partial charge on any atom is -0.497 e. The molecule has 0 spiro atoms. The van der Waals surface area contributed by atoms with E-state index in [0.717, 1.165) is 5.56 Å². The molecule has 2 aromatic rings. The molecular formula is C24H30N2O6. The fraction of sp³-hybridized carbons (Fsp3) is 0.417. The zero-order valence-electron chi connectivity index (χ0n) is 19.0. The molecule has 0 radical (unpaired) electrons. The van der Waals surface area contributed by atoms with E-state index in [9.17, 15) is 9.59 Å². The maximum atomic E-state index is 12.9. The highest BCUT2D eigenvalue weighted by Gasteiger charge is 2.28. The first-order valence-corrected chi connectivity index (χ1v) is 10.5. The van der Waals surface area contributed by atoms with E-state index in [2.05, 4.69) is 5.32 Å². The van der Waals surface area contributed by atoms with Crippen LogP contribution in [0.4, 0.5) is 0 Å². The lowest BCUT2D eigenvalue weighted by Gasteiger charge is -2.31. The third kappa shape index (κ3) is 5.43. The van der Waals surface area contributed by atoms with Crippen molar-refractivity contribution in [2.24, 2.45) is 5.92 Å². The molecule has 2 aromatic carbocycles. The molecule has 1 heterocycles. The molecule has 32 heavy (non-hydrogen) atoms. The van der Waals surface area contributed by atoms with E-state index in [-0.39, 0.29) is 17.7 Å². The Kier molecular flexibility index (Phi) is 7.81. The Morgan fingerprint density at radius 3 is 2.06 bits per heavy atom. The van der Waals surface area contributed by atoms with Gasteiger partial charge in [-0.25, -0.2) is 0 Å². The molecular weight excluding hydrogens is 412 g/mol. The first-order valence-electron chi connectivity index (χ1n) is 10.5. The van der Waals surface area contributed by atoms with Gasteiger partial charge in [0.15, 0.2) is 11.5 Å². The maximum absolute atomic E-state index is 12.9. The largest absolute Gasteiger partial charge is 0.497 e. The molecule has 172 valence electrons. The van der Waals surface area contributed by atoms with E-state index in [1.54, 1.807) is 51.5 Å². The van der Waals surface area contributed by atoms with E-state index in [1.807, 2.05) is 18.2 Å². The predicted octanol–water partition coefficient (Wildman–Crippen LogP) is 2.89. The van der Waals surface area contributed by atoms with Crippen molar-refractivity contribution >= 4 is 11.8 Å². The van der Waals surface area contributed by atoms with E-state index in [1.165, 1.54) is 0 Å². The summed E-state index contributed by atoms with van der Waals surface area (Å²) < 4.78 is 21.1. The van der Waals surface area contributed by atoms with Crippen LogP contribution < -0.4 is 24.3 Å². The van der Waals surface area contributed by atoms with Crippen molar-refractivity contribution in [2.75, 3.05) is 41.5 Å². The molecule has 1 aliphatic heterocycles. The second-order valence-corrected chi connectivity index (χ2v) is 7.57. The summed E-state index contributed by atoms with van der Waals surface area (Å²) in [5.41, 5.74) is 1.44. The van der Waals surface area contributed by atoms with Gasteiger partial charge in [-0.15, -0.1) is 0 Å². The van der Waals surface area contributed by atoms with Crippen molar-refractivity contribution in [3.05, 3.63) is 47.5 Å². The monoisotopic (exact) mass is 442 g/mol. The highest BCUT2D eigenvalue weighted by Crippen LogP contribution is 2.28. The highest BCUT2D eigenvalue weighted by molar-refractivity contribution is 5.95. The van der Waals surface area contributed by atoms with Crippen LogP contribution in [0.5, 0.6) is 23.0 Å². The van der Waals surface area contributed by atoms with Crippen molar-refractivity contribution in [2.45, 2.75) is 19.4 Å². The Balaban J connectivity index is 1.54. The number of amides is 2. The Hall–Kier alpha value is -3.42. The van der Waals surface area contributed by atoms with Crippen LogP contribution in [0.1, 0.15) is 28.8 Å². The van der Waals surface area contributed by atoms with E-state index in [4.69, 9.17) is 18.9 Å². The molecule has 3 rings (SSSR count). The maximum Gasteiger partial charge on any atom is 0.254 e. The number of methoxy groups -OCH3 is 4. The summed E-state index contributed by atoms with van der Waals surface area (Å²) in [5.74, 6) is 2.18. The average Bonchev–Trinajstić information content (AvgIpc) is 2.86. The zero-order chi connectivity index (χ0) is 23.1. The number of nitrogens with zero attached hydrogens (tertiary/aromatic N) is 1. The third-order valence-corrected chi connectivity index (χ3v) is 5.67. The Morgan fingerprint density at radius 1 is 0.875 bits per heavy atom. The lowest BCUT2D eigenvalue weighted by Crippen LogP contribution is -2.42. The number of nitrogens with one attached hydrogen (secondary N) is 1. The SMILES string of the molecule is COc1cc(OC)cc(C(=O)N2CCC(C(=O)NCc3ccc(OC)c(OC)c3)CC2)c1. The van der Waals surface area contributed by atoms with Gasteiger partial charge >= 0.3 is 0 Å². The number of hydrogen-bond donors (Lipinski definition) is 1. The minimum absolute atomic E-state index is 0.00469. The number of likely N-dealkylation sites (tertiary alicyclic amines) is 1. The van der Waals surface area contributed by atoms with Gasteiger partial charge in [0.05, 0.1) is 28.4 Å². The standard InChI is InChI=1S/C24H30N2O6/c1-29-19-12-18(13-20(14-19)30-2)24(28)26-9-7-17(8-10-26)23(27)25-15-16-5-6-21(31-3)22(11-16)32-4/h5-6,11-14,17H,7-10,15H2,1-4H3,(H,25,27). The van der Waals surface area contributed by atoms with Gasteiger partial charge in [0.25, 0.3) is 5.91 Å². The number of benzene rings is 2. The second-order valence-electron chi connectivity index (χ2n) is 7.57. The quantitative estimate of drug-likeness (QED) is 0.677. The smallest absolute Gasteiger partial charge is 0.254 e. The average molecular weight is 443 g/mol. The van der Waals surface area contributed by atoms with E-state index in [0.29, 0.717) is 61.0 Å². The zero-order valence-corrected chi connectivity index (χ0v) is 19.0. The van der Waals surface area contributed by atoms with Gasteiger partial charge in [0, 0.05) is 37.2 Å². The van der Waals surface area contributed by atoms with Crippen molar-refractivity contribution in [3.8, 4) is 23.0 Å². The summed E-state index contributed by atoms with van der Waals surface area (Å²) in [6.07, 6.45) is 1.23. The van der Waals surface area contributed by atoms with Crippen molar-refractivity contribution < 1.29 is 28.5 Å². The van der Waals surface area contributed by atoms with Gasteiger partial charge in [0.1, 0.15) is 11.5 Å². The van der Waals surface area contributed by atoms with Crippen LogP contribution in [-0.4, -0.2) is 58.2 Å². The summed E-state index contributed by atoms with van der Waals surface area (Å²) in [4.78, 5) is 27.4.